The highest BCUT2D eigenvalue weighted by Crippen LogP contribution is 2.69. The van der Waals surface area contributed by atoms with Gasteiger partial charge in [-0.05, 0) is 134 Å². The van der Waals surface area contributed by atoms with Crippen LogP contribution in [0.2, 0.25) is 0 Å². The van der Waals surface area contributed by atoms with Crippen LogP contribution in [0, 0.1) is 28.5 Å². The molecule has 10 nitrogen and oxygen atoms in total. The fourth-order valence-electron chi connectivity index (χ4n) is 12.5. The lowest BCUT2D eigenvalue weighted by Gasteiger charge is -2.55. The molecule has 3 aromatic carbocycles. The number of nitrogens with one attached hydrogen (secondary N) is 1. The molecule has 2 heterocycles. The van der Waals surface area contributed by atoms with Gasteiger partial charge in [-0.3, -0.25) is 24.0 Å². The highest BCUT2D eigenvalue weighted by Gasteiger charge is 2.63. The molecule has 2 saturated carbocycles. The summed E-state index contributed by atoms with van der Waals surface area (Å²) < 4.78 is 15.1. The number of hydrogen-bond donors (Lipinski definition) is 1. The van der Waals surface area contributed by atoms with E-state index in [1.165, 1.54) is 22.8 Å². The van der Waals surface area contributed by atoms with E-state index in [4.69, 9.17) is 0 Å². The topological polar surface area (TPSA) is 124 Å². The summed E-state index contributed by atoms with van der Waals surface area (Å²) in [5.41, 5.74) is 7.35. The number of ketones is 2. The maximum Gasteiger partial charge on any atom is 0.272 e. The molecule has 340 valence electrons. The van der Waals surface area contributed by atoms with Crippen LogP contribution in [-0.2, 0) is 20.8 Å². The number of amides is 2. The number of carbonyl (C=O) groups is 4. The van der Waals surface area contributed by atoms with Crippen LogP contribution in [0.4, 0.5) is 10.1 Å². The summed E-state index contributed by atoms with van der Waals surface area (Å²) in [6, 6.07) is 20.8. The van der Waals surface area contributed by atoms with Crippen molar-refractivity contribution >= 4 is 39.8 Å². The maximum absolute atomic E-state index is 15.1. The van der Waals surface area contributed by atoms with Crippen molar-refractivity contribution in [1.82, 2.24) is 20.0 Å². The SMILES string of the molecule is CC(=O)[C@@]1(C)CC[C@H]2[C@@H]3CCC4=CC(=O)CCC4=C3[C@@H](c3ccc(N(C)CCCCCC(=O)N4CCN(C(=O)c5cc(Cc6n[nH]c(=O)c7ccccc67)ccc5F)CC4)cc3)C[C@@]21C. The van der Waals surface area contributed by atoms with Crippen molar-refractivity contribution in [1.29, 1.82) is 0 Å². The molecule has 1 aromatic heterocycles. The lowest BCUT2D eigenvalue weighted by atomic mass is 9.48. The van der Waals surface area contributed by atoms with E-state index in [2.05, 4.69) is 60.3 Å². The van der Waals surface area contributed by atoms with Gasteiger partial charge in [-0.1, -0.05) is 62.2 Å². The molecule has 1 aliphatic heterocycles. The molecule has 65 heavy (non-hydrogen) atoms. The van der Waals surface area contributed by atoms with Crippen molar-refractivity contribution in [2.24, 2.45) is 22.7 Å². The zero-order valence-corrected chi connectivity index (χ0v) is 38.4. The second-order valence-electron chi connectivity index (χ2n) is 20.0. The monoisotopic (exact) mass is 879 g/mol. The first-order chi connectivity index (χ1) is 31.3. The number of unbranched alkanes of at least 4 members (excludes halogenated alkanes) is 2. The van der Waals surface area contributed by atoms with E-state index >= 15 is 4.39 Å². The van der Waals surface area contributed by atoms with E-state index in [-0.39, 0.29) is 39.6 Å². The number of anilines is 1. The molecule has 1 saturated heterocycles. The predicted molar refractivity (Wildman–Crippen MR) is 251 cm³/mol. The first-order valence-corrected chi connectivity index (χ1v) is 23.9. The number of aromatic amines is 1. The average molecular weight is 880 g/mol. The summed E-state index contributed by atoms with van der Waals surface area (Å²) in [6.07, 6.45) is 11.8. The van der Waals surface area contributed by atoms with Crippen LogP contribution >= 0.6 is 0 Å². The van der Waals surface area contributed by atoms with Crippen LogP contribution in [0.5, 0.6) is 0 Å². The Labute approximate surface area is 381 Å². The van der Waals surface area contributed by atoms with Gasteiger partial charge in [0.1, 0.15) is 11.6 Å². The van der Waals surface area contributed by atoms with Crippen LogP contribution in [-0.4, -0.2) is 83.1 Å². The van der Waals surface area contributed by atoms with Crippen LogP contribution < -0.4 is 10.5 Å². The molecule has 9 rings (SSSR count). The number of hydrogen-bond acceptors (Lipinski definition) is 7. The number of carbonyl (C=O) groups excluding carboxylic acids is 4. The number of piperazine rings is 1. The Morgan fingerprint density at radius 1 is 0.877 bits per heavy atom. The highest BCUT2D eigenvalue weighted by atomic mass is 19.1. The average Bonchev–Trinajstić information content (AvgIpc) is 3.60. The number of nitrogens with zero attached hydrogens (tertiary/aromatic N) is 4. The minimum Gasteiger partial charge on any atom is -0.375 e. The third-order valence-corrected chi connectivity index (χ3v) is 16.6. The standard InChI is InChI=1S/C54H62FN5O5/c1-34(61)53(2)24-23-46-43-20-16-37-32-39(62)19-21-40(37)50(43)45(33-54(46,53)3)36-14-17-38(18-15-36)58(4)25-9-5-6-12-49(63)59-26-28-60(29-27-59)52(65)44-30-35(13-22-47(44)55)31-48-41-10-7-8-11-42(41)51(64)57-56-48/h7-8,10-11,13-15,17-18,22,30,32,43,45-46H,5-6,9,12,16,19-21,23-29,31,33H2,1-4H3,(H,57,64)/t43-,45+,46-,53+,54-/m0/s1. The maximum atomic E-state index is 15.1. The van der Waals surface area contributed by atoms with Crippen LogP contribution in [0.15, 0.2) is 94.3 Å². The quantitative estimate of drug-likeness (QED) is 0.141. The zero-order valence-electron chi connectivity index (χ0n) is 38.4. The second kappa shape index (κ2) is 17.9. The summed E-state index contributed by atoms with van der Waals surface area (Å²) in [5.74, 6) is 0.815. The van der Waals surface area contributed by atoms with Crippen molar-refractivity contribution in [2.75, 3.05) is 44.7 Å². The number of Topliss-reactive ketones (excluding diaryl/α,β-unsaturated/α-hetero) is 1. The van der Waals surface area contributed by atoms with Gasteiger partial charge < -0.3 is 14.7 Å². The van der Waals surface area contributed by atoms with Crippen molar-refractivity contribution < 1.29 is 23.6 Å². The molecule has 4 aromatic rings. The van der Waals surface area contributed by atoms with Gasteiger partial charge in [-0.2, -0.15) is 5.10 Å². The Bertz CT molecular complexity index is 2660. The molecule has 1 N–H and O–H groups in total. The first kappa shape index (κ1) is 44.5. The van der Waals surface area contributed by atoms with E-state index < -0.39 is 11.7 Å². The normalized spacial score (nSPS) is 25.2. The number of fused-ring (bicyclic) bond motifs is 5. The summed E-state index contributed by atoms with van der Waals surface area (Å²) in [4.78, 5) is 70.5. The van der Waals surface area contributed by atoms with Crippen molar-refractivity contribution in [3.05, 3.63) is 128 Å². The largest absolute Gasteiger partial charge is 0.375 e. The molecular weight excluding hydrogens is 818 g/mol. The summed E-state index contributed by atoms with van der Waals surface area (Å²) in [6.45, 7) is 8.78. The van der Waals surface area contributed by atoms with Crippen LogP contribution in [0.3, 0.4) is 0 Å². The molecule has 11 heteroatoms. The second-order valence-corrected chi connectivity index (χ2v) is 20.0. The fourth-order valence-corrected chi connectivity index (χ4v) is 12.5. The molecule has 0 spiro atoms. The van der Waals surface area contributed by atoms with Crippen molar-refractivity contribution in [3.8, 4) is 0 Å². The molecule has 0 bridgehead atoms. The zero-order chi connectivity index (χ0) is 45.6. The molecule has 0 unspecified atom stereocenters. The Hall–Kier alpha value is -5.71. The van der Waals surface area contributed by atoms with Gasteiger partial charge in [0.2, 0.25) is 5.91 Å². The van der Waals surface area contributed by atoms with Crippen molar-refractivity contribution in [2.45, 2.75) is 104 Å². The Balaban J connectivity index is 0.761. The molecule has 5 atom stereocenters. The molecular formula is C54H62FN5O5. The number of benzene rings is 3. The van der Waals surface area contributed by atoms with E-state index in [0.29, 0.717) is 85.1 Å². The minimum atomic E-state index is -0.597. The Morgan fingerprint density at radius 2 is 1.62 bits per heavy atom. The van der Waals surface area contributed by atoms with E-state index in [0.717, 1.165) is 70.0 Å². The predicted octanol–water partition coefficient (Wildman–Crippen LogP) is 9.13. The first-order valence-electron chi connectivity index (χ1n) is 23.9. The number of rotatable bonds is 12. The third-order valence-electron chi connectivity index (χ3n) is 16.6. The molecule has 5 aliphatic rings. The van der Waals surface area contributed by atoms with Gasteiger partial charge in [0, 0.05) is 81.4 Å². The number of halogens is 1. The smallest absolute Gasteiger partial charge is 0.272 e. The number of H-pyrrole nitrogens is 1. The van der Waals surface area contributed by atoms with Gasteiger partial charge in [0.05, 0.1) is 16.6 Å². The summed E-state index contributed by atoms with van der Waals surface area (Å²) >= 11 is 0. The Kier molecular flexibility index (Phi) is 12.3. The van der Waals surface area contributed by atoms with Crippen LogP contribution in [0.1, 0.15) is 124 Å². The van der Waals surface area contributed by atoms with Crippen molar-refractivity contribution in [3.63, 3.8) is 0 Å². The van der Waals surface area contributed by atoms with Gasteiger partial charge >= 0.3 is 0 Å². The molecule has 4 aliphatic carbocycles. The lowest BCUT2D eigenvalue weighted by Crippen LogP contribution is -2.50. The van der Waals surface area contributed by atoms with E-state index in [9.17, 15) is 24.0 Å². The van der Waals surface area contributed by atoms with E-state index in [1.807, 2.05) is 23.1 Å². The fraction of sp³-hybridized carbons (Fsp3) is 0.481. The lowest BCUT2D eigenvalue weighted by molar-refractivity contribution is -0.134. The molecule has 2 amide bonds. The highest BCUT2D eigenvalue weighted by molar-refractivity contribution is 5.95. The van der Waals surface area contributed by atoms with Gasteiger partial charge in [0.25, 0.3) is 11.5 Å². The number of allylic oxidation sites excluding steroid dienone is 4. The van der Waals surface area contributed by atoms with E-state index in [1.54, 1.807) is 41.7 Å². The van der Waals surface area contributed by atoms with Crippen LogP contribution in [0.25, 0.3) is 10.8 Å². The van der Waals surface area contributed by atoms with Gasteiger partial charge in [-0.25, -0.2) is 9.49 Å². The summed E-state index contributed by atoms with van der Waals surface area (Å²) in [7, 11) is 2.12. The Morgan fingerprint density at radius 3 is 2.37 bits per heavy atom. The summed E-state index contributed by atoms with van der Waals surface area (Å²) in [5, 5.41) is 8.00. The molecule has 3 fully saturated rings. The minimum absolute atomic E-state index is 0.0124. The third kappa shape index (κ3) is 8.29. The molecule has 0 radical (unpaired) electrons. The van der Waals surface area contributed by atoms with Gasteiger partial charge in [-0.15, -0.1) is 0 Å². The number of aromatic nitrogens is 2. The van der Waals surface area contributed by atoms with Gasteiger partial charge in [0.15, 0.2) is 5.78 Å².